The molecule has 5 N–H and O–H groups in total. The molecule has 4 atom stereocenters. The molecule has 0 saturated carbocycles. The molecule has 0 saturated heterocycles. The summed E-state index contributed by atoms with van der Waals surface area (Å²) in [7, 11) is 1.48. The summed E-state index contributed by atoms with van der Waals surface area (Å²) in [5, 5.41) is 30.6. The number of aliphatic hydroxyl groups excluding tert-OH is 2. The number of halogens is 2. The van der Waals surface area contributed by atoms with Gasteiger partial charge in [0.05, 0.1) is 25.4 Å². The Hall–Kier alpha value is -3.11. The minimum atomic E-state index is -0.886. The quantitative estimate of drug-likeness (QED) is 0.354. The summed E-state index contributed by atoms with van der Waals surface area (Å²) < 4.78 is 18.8. The normalized spacial score (nSPS) is 21.1. The number of aliphatic imine (C=N–C) groups is 1. The molecule has 1 unspecified atom stereocenters. The second-order valence-electron chi connectivity index (χ2n) is 8.46. The number of nitrogens with one attached hydrogen (secondary N) is 3. The summed E-state index contributed by atoms with van der Waals surface area (Å²) in [6.07, 6.45) is 4.51. The van der Waals surface area contributed by atoms with Crippen molar-refractivity contribution in [2.24, 2.45) is 10.9 Å². The van der Waals surface area contributed by atoms with Gasteiger partial charge in [0.25, 0.3) is 0 Å². The van der Waals surface area contributed by atoms with Crippen LogP contribution in [0.5, 0.6) is 5.75 Å². The van der Waals surface area contributed by atoms with Gasteiger partial charge in [-0.05, 0) is 48.5 Å². The van der Waals surface area contributed by atoms with Crippen LogP contribution in [0.15, 0.2) is 71.5 Å². The molecule has 2 aromatic rings. The van der Waals surface area contributed by atoms with Gasteiger partial charge in [-0.3, -0.25) is 5.32 Å². The highest BCUT2D eigenvalue weighted by Crippen LogP contribution is 2.27. The Kier molecular flexibility index (Phi) is 7.92. The van der Waals surface area contributed by atoms with Crippen LogP contribution >= 0.6 is 11.6 Å². The van der Waals surface area contributed by atoms with E-state index in [-0.39, 0.29) is 18.7 Å². The van der Waals surface area contributed by atoms with Crippen LogP contribution in [0.25, 0.3) is 0 Å². The third-order valence-electron chi connectivity index (χ3n) is 5.98. The van der Waals surface area contributed by atoms with Gasteiger partial charge in [0.1, 0.15) is 24.0 Å². The van der Waals surface area contributed by atoms with E-state index in [0.29, 0.717) is 29.0 Å². The SMILES string of the molecule is COc1cc(F)ccc1NC1=N[C@H](N2C=C[C@H]([C@@H](O)NC(CO)c3cccc(Cl)c3)C2)C(C)=CN1. The molecule has 35 heavy (non-hydrogen) atoms. The molecule has 2 aliphatic heterocycles. The molecule has 186 valence electrons. The van der Waals surface area contributed by atoms with E-state index in [4.69, 9.17) is 21.3 Å². The highest BCUT2D eigenvalue weighted by atomic mass is 35.5. The zero-order chi connectivity index (χ0) is 24.9. The van der Waals surface area contributed by atoms with E-state index in [2.05, 4.69) is 16.0 Å². The molecule has 2 aromatic carbocycles. The first-order valence-corrected chi connectivity index (χ1v) is 11.6. The molecule has 0 spiro atoms. The van der Waals surface area contributed by atoms with E-state index in [0.717, 1.165) is 11.1 Å². The Morgan fingerprint density at radius 3 is 2.89 bits per heavy atom. The molecule has 0 fully saturated rings. The molecular formula is C25H29ClFN5O3. The number of guanidine groups is 1. The lowest BCUT2D eigenvalue weighted by Gasteiger charge is -2.31. The first-order valence-electron chi connectivity index (χ1n) is 11.2. The van der Waals surface area contributed by atoms with Gasteiger partial charge in [-0.1, -0.05) is 29.8 Å². The van der Waals surface area contributed by atoms with Crippen molar-refractivity contribution >= 4 is 23.2 Å². The molecule has 10 heteroatoms. The minimum Gasteiger partial charge on any atom is -0.494 e. The molecule has 0 amide bonds. The highest BCUT2D eigenvalue weighted by molar-refractivity contribution is 6.30. The van der Waals surface area contributed by atoms with E-state index >= 15 is 0 Å². The van der Waals surface area contributed by atoms with Gasteiger partial charge < -0.3 is 30.5 Å². The smallest absolute Gasteiger partial charge is 0.202 e. The zero-order valence-electron chi connectivity index (χ0n) is 19.5. The second kappa shape index (κ2) is 11.1. The van der Waals surface area contributed by atoms with Crippen molar-refractivity contribution in [3.05, 3.63) is 82.9 Å². The number of rotatable bonds is 8. The average Bonchev–Trinajstić information content (AvgIpc) is 3.35. The van der Waals surface area contributed by atoms with Gasteiger partial charge >= 0.3 is 0 Å². The molecule has 0 aromatic heterocycles. The van der Waals surface area contributed by atoms with Crippen LogP contribution < -0.4 is 20.7 Å². The highest BCUT2D eigenvalue weighted by Gasteiger charge is 2.31. The number of ether oxygens (including phenoxy) is 1. The van der Waals surface area contributed by atoms with Crippen molar-refractivity contribution in [1.29, 1.82) is 0 Å². The second-order valence-corrected chi connectivity index (χ2v) is 8.89. The summed E-state index contributed by atoms with van der Waals surface area (Å²) >= 11 is 6.07. The Morgan fingerprint density at radius 1 is 1.31 bits per heavy atom. The van der Waals surface area contributed by atoms with Crippen LogP contribution in [0.2, 0.25) is 5.02 Å². The molecule has 0 radical (unpaired) electrons. The third-order valence-corrected chi connectivity index (χ3v) is 6.22. The topological polar surface area (TPSA) is 101 Å². The standard InChI is InChI=1S/C25H29ClFN5O3/c1-15-12-28-25(30-20-7-6-19(27)11-22(20)35-2)31-23(15)32-9-8-17(13-32)24(34)29-21(14-33)16-4-3-5-18(26)10-16/h3-12,17,21,23-24,29,33-34H,13-14H2,1-2H3,(H2,28,30,31)/t17-,21?,23+,24+/m0/s1. The number of benzene rings is 2. The van der Waals surface area contributed by atoms with Crippen LogP contribution in [0.4, 0.5) is 10.1 Å². The number of hydrogen-bond donors (Lipinski definition) is 5. The average molecular weight is 502 g/mol. The van der Waals surface area contributed by atoms with Crippen LogP contribution in [0.1, 0.15) is 18.5 Å². The van der Waals surface area contributed by atoms with Gasteiger partial charge in [-0.15, -0.1) is 0 Å². The molecular weight excluding hydrogens is 473 g/mol. The fourth-order valence-electron chi connectivity index (χ4n) is 4.10. The number of anilines is 1. The van der Waals surface area contributed by atoms with Crippen molar-refractivity contribution in [2.75, 3.05) is 25.6 Å². The van der Waals surface area contributed by atoms with Crippen molar-refractivity contribution < 1.29 is 19.3 Å². The Morgan fingerprint density at radius 2 is 2.14 bits per heavy atom. The van der Waals surface area contributed by atoms with Gasteiger partial charge in [-0.2, -0.15) is 0 Å². The Balaban J connectivity index is 1.41. The molecule has 8 nitrogen and oxygen atoms in total. The summed E-state index contributed by atoms with van der Waals surface area (Å²) in [6.45, 7) is 2.31. The summed E-state index contributed by atoms with van der Waals surface area (Å²) in [5.41, 5.74) is 2.37. The number of hydrogen-bond acceptors (Lipinski definition) is 8. The number of nitrogens with zero attached hydrogens (tertiary/aromatic N) is 2. The largest absolute Gasteiger partial charge is 0.494 e. The fourth-order valence-corrected chi connectivity index (χ4v) is 4.30. The van der Waals surface area contributed by atoms with Gasteiger partial charge in [0.15, 0.2) is 0 Å². The van der Waals surface area contributed by atoms with E-state index < -0.39 is 18.1 Å². The van der Waals surface area contributed by atoms with Crippen LogP contribution in [0, 0.1) is 11.7 Å². The summed E-state index contributed by atoms with van der Waals surface area (Å²) in [5.74, 6) is 0.252. The van der Waals surface area contributed by atoms with Gasteiger partial charge in [0, 0.05) is 29.8 Å². The van der Waals surface area contributed by atoms with Crippen LogP contribution in [-0.4, -0.2) is 53.7 Å². The van der Waals surface area contributed by atoms with E-state index in [9.17, 15) is 14.6 Å². The molecule has 2 aliphatic rings. The predicted octanol–water partition coefficient (Wildman–Crippen LogP) is 3.18. The molecule has 0 bridgehead atoms. The van der Waals surface area contributed by atoms with Crippen molar-refractivity contribution in [1.82, 2.24) is 15.5 Å². The lowest BCUT2D eigenvalue weighted by molar-refractivity contribution is 0.0632. The maximum atomic E-state index is 13.5. The zero-order valence-corrected chi connectivity index (χ0v) is 20.2. The minimum absolute atomic E-state index is 0.181. The number of aliphatic hydroxyl groups is 2. The molecule has 0 aliphatic carbocycles. The predicted molar refractivity (Wildman–Crippen MR) is 134 cm³/mol. The van der Waals surface area contributed by atoms with E-state index in [1.807, 2.05) is 42.4 Å². The third kappa shape index (κ3) is 5.94. The van der Waals surface area contributed by atoms with E-state index in [1.165, 1.54) is 19.2 Å². The van der Waals surface area contributed by atoms with Gasteiger partial charge in [0.2, 0.25) is 5.96 Å². The monoisotopic (exact) mass is 501 g/mol. The van der Waals surface area contributed by atoms with Crippen molar-refractivity contribution in [2.45, 2.75) is 25.4 Å². The van der Waals surface area contributed by atoms with Crippen molar-refractivity contribution in [3.63, 3.8) is 0 Å². The Labute approximate surface area is 208 Å². The van der Waals surface area contributed by atoms with Crippen LogP contribution in [0.3, 0.4) is 0 Å². The maximum absolute atomic E-state index is 13.5. The van der Waals surface area contributed by atoms with Crippen LogP contribution in [-0.2, 0) is 0 Å². The first-order chi connectivity index (χ1) is 16.9. The Bertz CT molecular complexity index is 1140. The summed E-state index contributed by atoms with van der Waals surface area (Å²) in [6, 6.07) is 11.0. The van der Waals surface area contributed by atoms with Gasteiger partial charge in [-0.25, -0.2) is 9.38 Å². The lowest BCUT2D eigenvalue weighted by atomic mass is 10.0. The first kappa shape index (κ1) is 25.0. The number of methoxy groups -OCH3 is 1. The molecule has 4 rings (SSSR count). The fraction of sp³-hybridized carbons (Fsp3) is 0.320. The van der Waals surface area contributed by atoms with Crippen molar-refractivity contribution in [3.8, 4) is 5.75 Å². The van der Waals surface area contributed by atoms with E-state index in [1.54, 1.807) is 18.2 Å². The summed E-state index contributed by atoms with van der Waals surface area (Å²) in [4.78, 5) is 6.79. The lowest BCUT2D eigenvalue weighted by Crippen LogP contribution is -2.44. The molecule has 2 heterocycles. The maximum Gasteiger partial charge on any atom is 0.202 e.